The number of fused-ring (bicyclic) bond motifs is 11. The molecule has 6 aromatic carbocycles. The largest absolute Gasteiger partial charge is 0.278 e. The Labute approximate surface area is 262 Å². The Morgan fingerprint density at radius 2 is 1.16 bits per heavy atom. The van der Waals surface area contributed by atoms with Crippen molar-refractivity contribution < 1.29 is 0 Å². The third kappa shape index (κ3) is 3.41. The van der Waals surface area contributed by atoms with Crippen molar-refractivity contribution in [3.63, 3.8) is 0 Å². The molecule has 216 valence electrons. The van der Waals surface area contributed by atoms with Crippen LogP contribution < -0.4 is 0 Å². The Hall–Kier alpha value is -5.28. The minimum atomic E-state index is -0.218. The van der Waals surface area contributed by atoms with Crippen LogP contribution in [0.2, 0.25) is 0 Å². The Kier molecular flexibility index (Phi) is 5.30. The highest BCUT2D eigenvalue weighted by molar-refractivity contribution is 6.26. The maximum atomic E-state index is 5.42. The van der Waals surface area contributed by atoms with E-state index < -0.39 is 0 Å². The molecule has 0 bridgehead atoms. The predicted octanol–water partition coefficient (Wildman–Crippen LogP) is 10.8. The van der Waals surface area contributed by atoms with Gasteiger partial charge in [-0.1, -0.05) is 143 Å². The number of hydrogen-bond acceptors (Lipinski definition) is 2. The maximum absolute atomic E-state index is 5.42. The van der Waals surface area contributed by atoms with Gasteiger partial charge >= 0.3 is 0 Å². The van der Waals surface area contributed by atoms with Crippen molar-refractivity contribution in [3.05, 3.63) is 139 Å². The number of rotatable bonds is 2. The van der Waals surface area contributed by atoms with Gasteiger partial charge < -0.3 is 0 Å². The summed E-state index contributed by atoms with van der Waals surface area (Å²) < 4.78 is 2.36. The van der Waals surface area contributed by atoms with E-state index in [1.165, 1.54) is 49.3 Å². The molecule has 3 nitrogen and oxygen atoms in total. The van der Waals surface area contributed by atoms with Crippen LogP contribution in [0.5, 0.6) is 0 Å². The quantitative estimate of drug-likeness (QED) is 0.204. The van der Waals surface area contributed by atoms with Gasteiger partial charge in [0.1, 0.15) is 0 Å². The van der Waals surface area contributed by atoms with Crippen LogP contribution in [-0.2, 0) is 10.8 Å². The van der Waals surface area contributed by atoms with Gasteiger partial charge in [0.05, 0.1) is 22.2 Å². The van der Waals surface area contributed by atoms with Gasteiger partial charge in [-0.2, -0.15) is 0 Å². The zero-order valence-electron chi connectivity index (χ0n) is 26.0. The second-order valence-electron chi connectivity index (χ2n) is 13.4. The summed E-state index contributed by atoms with van der Waals surface area (Å²) in [6.45, 7) is 9.66. The summed E-state index contributed by atoms with van der Waals surface area (Å²) in [4.78, 5) is 10.7. The van der Waals surface area contributed by atoms with E-state index in [4.69, 9.17) is 9.97 Å². The molecule has 0 fully saturated rings. The van der Waals surface area contributed by atoms with Gasteiger partial charge in [-0.15, -0.1) is 0 Å². The van der Waals surface area contributed by atoms with E-state index in [2.05, 4.69) is 160 Å². The third-order valence-corrected chi connectivity index (χ3v) is 10.7. The second-order valence-corrected chi connectivity index (χ2v) is 13.4. The molecule has 2 aromatic heterocycles. The first-order valence-corrected chi connectivity index (χ1v) is 15.8. The van der Waals surface area contributed by atoms with Gasteiger partial charge in [0.15, 0.2) is 0 Å². The Morgan fingerprint density at radius 3 is 1.96 bits per heavy atom. The normalized spacial score (nSPS) is 15.0. The van der Waals surface area contributed by atoms with Gasteiger partial charge in [-0.25, -0.2) is 9.97 Å². The number of benzene rings is 6. The molecule has 9 rings (SSSR count). The Balaban J connectivity index is 1.55. The van der Waals surface area contributed by atoms with Crippen molar-refractivity contribution in [3.8, 4) is 28.3 Å². The topological polar surface area (TPSA) is 30.7 Å². The fourth-order valence-corrected chi connectivity index (χ4v) is 7.89. The van der Waals surface area contributed by atoms with Crippen LogP contribution in [0.25, 0.3) is 71.8 Å². The highest BCUT2D eigenvalue weighted by atomic mass is 15.2. The van der Waals surface area contributed by atoms with Crippen molar-refractivity contribution in [1.29, 1.82) is 0 Å². The van der Waals surface area contributed by atoms with Crippen molar-refractivity contribution >= 4 is 43.5 Å². The predicted molar refractivity (Wildman–Crippen MR) is 188 cm³/mol. The summed E-state index contributed by atoms with van der Waals surface area (Å²) in [6.07, 6.45) is 0. The summed E-state index contributed by atoms with van der Waals surface area (Å²) in [5, 5.41) is 6.09. The molecule has 0 spiro atoms. The van der Waals surface area contributed by atoms with E-state index in [0.29, 0.717) is 5.95 Å². The minimum Gasteiger partial charge on any atom is -0.278 e. The van der Waals surface area contributed by atoms with E-state index in [-0.39, 0.29) is 10.8 Å². The number of aromatic nitrogens is 3. The van der Waals surface area contributed by atoms with E-state index >= 15 is 0 Å². The average Bonchev–Trinajstić information content (AvgIpc) is 3.42. The van der Waals surface area contributed by atoms with Crippen molar-refractivity contribution in [1.82, 2.24) is 14.5 Å². The molecular weight excluding hydrogens is 546 g/mol. The van der Waals surface area contributed by atoms with Gasteiger partial charge in [-0.3, -0.25) is 4.57 Å². The lowest BCUT2D eigenvalue weighted by Crippen LogP contribution is -2.44. The molecule has 2 heterocycles. The fraction of sp³-hybridized carbons (Fsp3) is 0.143. The minimum absolute atomic E-state index is 0.132. The summed E-state index contributed by atoms with van der Waals surface area (Å²) in [6, 6.07) is 45.6. The summed E-state index contributed by atoms with van der Waals surface area (Å²) in [5.74, 6) is 0.698. The van der Waals surface area contributed by atoms with Crippen LogP contribution in [-0.4, -0.2) is 14.5 Å². The number of hydrogen-bond donors (Lipinski definition) is 0. The average molecular weight is 580 g/mol. The SMILES string of the molecule is CC1(C)c2ccccc2-c2c(c3c(c4ccccc24)c2ccccc2n3-c2nc(-c3ccccc3)c3ccccc3n2)C1(C)C. The van der Waals surface area contributed by atoms with Crippen LogP contribution in [0.4, 0.5) is 0 Å². The molecule has 0 unspecified atom stereocenters. The van der Waals surface area contributed by atoms with Gasteiger partial charge in [-0.05, 0) is 50.6 Å². The van der Waals surface area contributed by atoms with Gasteiger partial charge in [0.2, 0.25) is 5.95 Å². The molecule has 3 heteroatoms. The molecule has 0 amide bonds. The highest BCUT2D eigenvalue weighted by Crippen LogP contribution is 2.58. The Bertz CT molecular complexity index is 2480. The first kappa shape index (κ1) is 26.2. The van der Waals surface area contributed by atoms with Crippen LogP contribution in [0.1, 0.15) is 38.8 Å². The third-order valence-electron chi connectivity index (χ3n) is 10.7. The monoisotopic (exact) mass is 579 g/mol. The molecule has 8 aromatic rings. The molecule has 0 N–H and O–H groups in total. The smallest absolute Gasteiger partial charge is 0.235 e. The van der Waals surface area contributed by atoms with Gasteiger partial charge in [0, 0.05) is 27.1 Å². The molecule has 0 saturated carbocycles. The molecular formula is C42H33N3. The summed E-state index contributed by atoms with van der Waals surface area (Å²) in [5.41, 5.74) is 10.3. The molecule has 45 heavy (non-hydrogen) atoms. The van der Waals surface area contributed by atoms with E-state index in [9.17, 15) is 0 Å². The second kappa shape index (κ2) is 9.12. The zero-order chi connectivity index (χ0) is 30.5. The summed E-state index contributed by atoms with van der Waals surface area (Å²) >= 11 is 0. The van der Waals surface area contributed by atoms with Crippen LogP contribution in [0.15, 0.2) is 127 Å². The number of nitrogens with zero attached hydrogens (tertiary/aromatic N) is 3. The van der Waals surface area contributed by atoms with E-state index in [1.807, 2.05) is 0 Å². The van der Waals surface area contributed by atoms with Crippen LogP contribution in [0, 0.1) is 0 Å². The van der Waals surface area contributed by atoms with E-state index in [1.54, 1.807) is 0 Å². The van der Waals surface area contributed by atoms with Gasteiger partial charge in [0.25, 0.3) is 0 Å². The lowest BCUT2D eigenvalue weighted by atomic mass is 9.54. The lowest BCUT2D eigenvalue weighted by molar-refractivity contribution is 0.301. The Morgan fingerprint density at radius 1 is 0.533 bits per heavy atom. The highest BCUT2D eigenvalue weighted by Gasteiger charge is 2.48. The molecule has 0 saturated heterocycles. The molecule has 1 aliphatic rings. The summed E-state index contributed by atoms with van der Waals surface area (Å²) in [7, 11) is 0. The maximum Gasteiger partial charge on any atom is 0.235 e. The lowest BCUT2D eigenvalue weighted by Gasteiger charge is -2.49. The van der Waals surface area contributed by atoms with Crippen molar-refractivity contribution in [2.24, 2.45) is 0 Å². The molecule has 0 radical (unpaired) electrons. The van der Waals surface area contributed by atoms with E-state index in [0.717, 1.165) is 27.7 Å². The number of para-hydroxylation sites is 2. The first-order chi connectivity index (χ1) is 21.9. The van der Waals surface area contributed by atoms with Crippen LogP contribution in [0.3, 0.4) is 0 Å². The standard InChI is InChI=1S/C42H33N3/c1-41(2)32-23-13-10-20-29(32)35-27-18-8-9-19-28(27)36-31-22-12-15-25-34(31)45(39(36)37(35)42(41,3)4)40-43-33-24-14-11-21-30(33)38(44-40)26-16-6-5-7-17-26/h5-25H,1-4H3. The van der Waals surface area contributed by atoms with Crippen molar-refractivity contribution in [2.45, 2.75) is 38.5 Å². The molecule has 0 aliphatic heterocycles. The zero-order valence-corrected chi connectivity index (χ0v) is 26.0. The fourth-order valence-electron chi connectivity index (χ4n) is 7.89. The first-order valence-electron chi connectivity index (χ1n) is 15.8. The molecule has 0 atom stereocenters. The molecule has 1 aliphatic carbocycles. The van der Waals surface area contributed by atoms with Crippen LogP contribution >= 0.6 is 0 Å². The van der Waals surface area contributed by atoms with Crippen molar-refractivity contribution in [2.75, 3.05) is 0 Å².